The molecule has 4 aliphatic rings. The van der Waals surface area contributed by atoms with Crippen LogP contribution >= 0.6 is 0 Å². The third-order valence-corrected chi connectivity index (χ3v) is 17.0. The van der Waals surface area contributed by atoms with Gasteiger partial charge in [0.25, 0.3) is 0 Å². The molecule has 4 rings (SSSR count). The van der Waals surface area contributed by atoms with E-state index in [4.69, 9.17) is 22.1 Å². The third kappa shape index (κ3) is 8.84. The molecule has 5 nitrogen and oxygen atoms in total. The van der Waals surface area contributed by atoms with Gasteiger partial charge in [-0.2, -0.15) is 0 Å². The van der Waals surface area contributed by atoms with E-state index in [0.29, 0.717) is 35.9 Å². The Morgan fingerprint density at radius 2 is 1.26 bits per heavy atom. The van der Waals surface area contributed by atoms with Gasteiger partial charge in [-0.15, -0.1) is 0 Å². The highest BCUT2D eigenvalue weighted by molar-refractivity contribution is 6.71. The van der Waals surface area contributed by atoms with Crippen LogP contribution in [0.2, 0.25) is 98.2 Å². The van der Waals surface area contributed by atoms with Crippen LogP contribution in [0.3, 0.4) is 0 Å². The maximum Gasteiger partial charge on any atom is 0.184 e. The highest BCUT2D eigenvalue weighted by atomic mass is 28.4. The molecule has 10 heteroatoms. The molecular formula is C36H76O5Si5. The van der Waals surface area contributed by atoms with Gasteiger partial charge in [0.15, 0.2) is 41.6 Å². The van der Waals surface area contributed by atoms with E-state index >= 15 is 0 Å². The smallest absolute Gasteiger partial charge is 0.184 e. The molecule has 0 saturated heterocycles. The quantitative estimate of drug-likeness (QED) is 0.187. The topological polar surface area (TPSA) is 46.2 Å². The molecule has 10 atom stereocenters. The van der Waals surface area contributed by atoms with Crippen LogP contribution in [0.15, 0.2) is 0 Å². The Morgan fingerprint density at radius 3 is 1.78 bits per heavy atom. The Balaban J connectivity index is 1.80. The summed E-state index contributed by atoms with van der Waals surface area (Å²) in [5.41, 5.74) is -0.0597. The first-order chi connectivity index (χ1) is 20.6. The van der Waals surface area contributed by atoms with Gasteiger partial charge in [0.2, 0.25) is 0 Å². The van der Waals surface area contributed by atoms with E-state index in [1.807, 2.05) is 0 Å². The van der Waals surface area contributed by atoms with Crippen molar-refractivity contribution in [3.05, 3.63) is 0 Å². The van der Waals surface area contributed by atoms with Gasteiger partial charge in [0, 0.05) is 17.6 Å². The summed E-state index contributed by atoms with van der Waals surface area (Å²) in [7, 11) is -9.03. The lowest BCUT2D eigenvalue weighted by Gasteiger charge is -2.66. The fourth-order valence-electron chi connectivity index (χ4n) is 10.8. The predicted molar refractivity (Wildman–Crippen MR) is 208 cm³/mol. The summed E-state index contributed by atoms with van der Waals surface area (Å²) >= 11 is 0. The Morgan fingerprint density at radius 1 is 0.652 bits per heavy atom. The second-order valence-corrected chi connectivity index (χ2v) is 43.7. The fourth-order valence-corrected chi connectivity index (χ4v) is 16.5. The third-order valence-electron chi connectivity index (χ3n) is 11.9. The van der Waals surface area contributed by atoms with Gasteiger partial charge >= 0.3 is 0 Å². The molecule has 0 aromatic rings. The molecule has 0 spiro atoms. The second-order valence-electron chi connectivity index (χ2n) is 21.4. The predicted octanol–water partition coefficient (Wildman–Crippen LogP) is 10.7. The molecule has 0 amide bonds. The fraction of sp³-hybridized carbons (Fsp3) is 1.00. The zero-order valence-electron chi connectivity index (χ0n) is 33.4. The van der Waals surface area contributed by atoms with E-state index in [1.165, 1.54) is 38.5 Å². The van der Waals surface area contributed by atoms with Crippen LogP contribution in [0.1, 0.15) is 65.2 Å². The number of rotatable bonds is 12. The molecule has 270 valence electrons. The lowest BCUT2D eigenvalue weighted by atomic mass is 9.43. The minimum absolute atomic E-state index is 0.0206. The highest BCUT2D eigenvalue weighted by Gasteiger charge is 2.71. The van der Waals surface area contributed by atoms with E-state index in [2.05, 4.69) is 112 Å². The number of hydrogen-bond donors (Lipinski definition) is 0. The summed E-state index contributed by atoms with van der Waals surface area (Å²) in [6, 6.07) is 0. The molecule has 4 saturated carbocycles. The van der Waals surface area contributed by atoms with Crippen LogP contribution in [-0.2, 0) is 22.1 Å². The summed E-state index contributed by atoms with van der Waals surface area (Å²) in [6.07, 6.45) is 10.5. The van der Waals surface area contributed by atoms with Gasteiger partial charge in [-0.3, -0.25) is 0 Å². The second kappa shape index (κ2) is 13.1. The van der Waals surface area contributed by atoms with Gasteiger partial charge in [0.1, 0.15) is 0 Å². The van der Waals surface area contributed by atoms with E-state index in [9.17, 15) is 0 Å². The Hall–Kier alpha value is 0.884. The summed E-state index contributed by atoms with van der Waals surface area (Å²) in [4.78, 5) is 0. The van der Waals surface area contributed by atoms with Crippen LogP contribution in [0.25, 0.3) is 0 Å². The van der Waals surface area contributed by atoms with Crippen LogP contribution in [0.5, 0.6) is 0 Å². The molecule has 1 unspecified atom stereocenters. The zero-order valence-corrected chi connectivity index (χ0v) is 38.4. The van der Waals surface area contributed by atoms with Crippen molar-refractivity contribution < 1.29 is 22.1 Å². The van der Waals surface area contributed by atoms with E-state index in [-0.39, 0.29) is 23.2 Å². The lowest BCUT2D eigenvalue weighted by Crippen LogP contribution is -2.68. The molecular weight excluding hydrogens is 653 g/mol. The first-order valence-electron chi connectivity index (χ1n) is 19.0. The molecule has 0 N–H and O–H groups in total. The molecule has 0 heterocycles. The molecule has 46 heavy (non-hydrogen) atoms. The van der Waals surface area contributed by atoms with Crippen LogP contribution < -0.4 is 0 Å². The van der Waals surface area contributed by atoms with Crippen LogP contribution in [0.4, 0.5) is 0 Å². The lowest BCUT2D eigenvalue weighted by molar-refractivity contribution is -0.212. The highest BCUT2D eigenvalue weighted by Crippen LogP contribution is 2.70. The Kier molecular flexibility index (Phi) is 11.3. The van der Waals surface area contributed by atoms with Gasteiger partial charge in [-0.05, 0) is 179 Å². The molecule has 0 radical (unpaired) electrons. The van der Waals surface area contributed by atoms with Crippen LogP contribution in [-0.4, -0.2) is 72.1 Å². The number of fused-ring (bicyclic) bond motifs is 5. The first-order valence-corrected chi connectivity index (χ1v) is 36.0. The molecule has 4 fully saturated rings. The summed E-state index contributed by atoms with van der Waals surface area (Å²) in [6.45, 7) is 41.5. The van der Waals surface area contributed by atoms with Crippen molar-refractivity contribution in [2.75, 3.05) is 6.61 Å². The molecule has 0 aliphatic heterocycles. The van der Waals surface area contributed by atoms with Crippen molar-refractivity contribution in [3.8, 4) is 0 Å². The Labute approximate surface area is 291 Å². The van der Waals surface area contributed by atoms with Crippen molar-refractivity contribution >= 4 is 41.6 Å². The van der Waals surface area contributed by atoms with Gasteiger partial charge < -0.3 is 22.1 Å². The SMILES string of the molecule is C[C@]12CC[C@@H](O[Si](C)(C)C)C[C@H]1CC[C@@H]1[C@@H]2[C@@H](O[Si](C)(C)C)C[C@@]2(C)[C@H]1CC[C@@]2(O[Si](C)(C)C)C(CO[Si](C)(C)C)O[Si](C)(C)C. The van der Waals surface area contributed by atoms with E-state index in [0.717, 1.165) is 18.8 Å². The normalized spacial score (nSPS) is 39.8. The summed E-state index contributed by atoms with van der Waals surface area (Å²) < 4.78 is 36.0. The van der Waals surface area contributed by atoms with Crippen LogP contribution in [0, 0.1) is 34.5 Å². The zero-order chi connectivity index (χ0) is 34.9. The Bertz CT molecular complexity index is 1060. The van der Waals surface area contributed by atoms with Crippen molar-refractivity contribution in [1.82, 2.24) is 0 Å². The average Bonchev–Trinajstić information content (AvgIpc) is 3.09. The summed E-state index contributed by atoms with van der Waals surface area (Å²) in [5, 5.41) is 0. The molecule has 0 aromatic heterocycles. The monoisotopic (exact) mass is 728 g/mol. The molecule has 4 aliphatic carbocycles. The maximum absolute atomic E-state index is 7.70. The molecule has 0 bridgehead atoms. The summed E-state index contributed by atoms with van der Waals surface area (Å²) in [5.74, 6) is 2.65. The largest absolute Gasteiger partial charge is 0.415 e. The van der Waals surface area contributed by atoms with Crippen molar-refractivity contribution in [2.45, 2.75) is 187 Å². The van der Waals surface area contributed by atoms with Crippen molar-refractivity contribution in [1.29, 1.82) is 0 Å². The van der Waals surface area contributed by atoms with Gasteiger partial charge in [-0.25, -0.2) is 0 Å². The molecule has 0 aromatic carbocycles. The number of hydrogen-bond acceptors (Lipinski definition) is 5. The van der Waals surface area contributed by atoms with Gasteiger partial charge in [-0.1, -0.05) is 13.8 Å². The minimum atomic E-state index is -1.97. The first kappa shape index (κ1) is 39.7. The van der Waals surface area contributed by atoms with Crippen molar-refractivity contribution in [3.63, 3.8) is 0 Å². The van der Waals surface area contributed by atoms with Crippen molar-refractivity contribution in [2.24, 2.45) is 34.5 Å². The van der Waals surface area contributed by atoms with Gasteiger partial charge in [0.05, 0.1) is 18.3 Å². The van der Waals surface area contributed by atoms with E-state index < -0.39 is 41.6 Å². The standard InChI is InChI=1S/C36H76O5Si5/c1-34-22-20-28(38-43(6,7)8)24-27(34)18-19-29-30-21-23-36(41-46(15,16)17,32(40-45(12,13)14)26-37-42(3,4)5)35(30,2)25-31(33(29)34)39-44(9,10)11/h27-33H,18-26H2,1-17H3/t27-,28-,29+,30+,31+,32?,33-,34+,35+,36-/m1/s1. The van der Waals surface area contributed by atoms with E-state index in [1.54, 1.807) is 0 Å². The minimum Gasteiger partial charge on any atom is -0.415 e. The average molecular weight is 729 g/mol. The maximum atomic E-state index is 7.70.